The van der Waals surface area contributed by atoms with Crippen LogP contribution in [-0.2, 0) is 14.8 Å². The SMILES string of the molecule is CCNCCNS(=O)(=O)CC1CCOC1. The van der Waals surface area contributed by atoms with Crippen molar-refractivity contribution in [1.82, 2.24) is 10.0 Å². The van der Waals surface area contributed by atoms with Crippen molar-refractivity contribution in [2.45, 2.75) is 13.3 Å². The lowest BCUT2D eigenvalue weighted by atomic mass is 10.2. The molecule has 1 rings (SSSR count). The molecular weight excluding hydrogens is 216 g/mol. The number of ether oxygens (including phenoxy) is 1. The third kappa shape index (κ3) is 5.46. The third-order valence-corrected chi connectivity index (χ3v) is 3.91. The highest BCUT2D eigenvalue weighted by molar-refractivity contribution is 7.89. The topological polar surface area (TPSA) is 67.4 Å². The van der Waals surface area contributed by atoms with E-state index < -0.39 is 10.0 Å². The summed E-state index contributed by atoms with van der Waals surface area (Å²) in [7, 11) is -3.12. The van der Waals surface area contributed by atoms with Crippen molar-refractivity contribution in [3.8, 4) is 0 Å². The van der Waals surface area contributed by atoms with Crippen molar-refractivity contribution in [2.24, 2.45) is 5.92 Å². The van der Waals surface area contributed by atoms with Gasteiger partial charge in [0.15, 0.2) is 0 Å². The lowest BCUT2D eigenvalue weighted by molar-refractivity contribution is 0.188. The van der Waals surface area contributed by atoms with Crippen molar-refractivity contribution in [3.63, 3.8) is 0 Å². The van der Waals surface area contributed by atoms with Gasteiger partial charge in [-0.05, 0) is 18.9 Å². The summed E-state index contributed by atoms with van der Waals surface area (Å²) < 4.78 is 30.8. The molecule has 6 heteroatoms. The van der Waals surface area contributed by atoms with E-state index in [1.54, 1.807) is 0 Å². The van der Waals surface area contributed by atoms with Gasteiger partial charge in [0.1, 0.15) is 0 Å². The van der Waals surface area contributed by atoms with Gasteiger partial charge in [0.05, 0.1) is 12.4 Å². The van der Waals surface area contributed by atoms with Gasteiger partial charge in [-0.15, -0.1) is 0 Å². The summed E-state index contributed by atoms with van der Waals surface area (Å²) in [5.41, 5.74) is 0. The third-order valence-electron chi connectivity index (χ3n) is 2.35. The average Bonchev–Trinajstić information content (AvgIpc) is 2.64. The first-order valence-electron chi connectivity index (χ1n) is 5.40. The van der Waals surface area contributed by atoms with Crippen molar-refractivity contribution < 1.29 is 13.2 Å². The van der Waals surface area contributed by atoms with E-state index in [-0.39, 0.29) is 11.7 Å². The van der Waals surface area contributed by atoms with Gasteiger partial charge in [-0.2, -0.15) is 0 Å². The molecule has 90 valence electrons. The van der Waals surface area contributed by atoms with E-state index in [2.05, 4.69) is 10.0 Å². The number of hydrogen-bond donors (Lipinski definition) is 2. The summed E-state index contributed by atoms with van der Waals surface area (Å²) in [5, 5.41) is 3.06. The van der Waals surface area contributed by atoms with Crippen LogP contribution in [0.3, 0.4) is 0 Å². The largest absolute Gasteiger partial charge is 0.381 e. The molecule has 0 aromatic heterocycles. The highest BCUT2D eigenvalue weighted by atomic mass is 32.2. The van der Waals surface area contributed by atoms with Gasteiger partial charge in [-0.25, -0.2) is 13.1 Å². The zero-order chi connectivity index (χ0) is 11.1. The van der Waals surface area contributed by atoms with E-state index in [4.69, 9.17) is 4.74 Å². The Balaban J connectivity index is 2.19. The van der Waals surface area contributed by atoms with Crippen LogP contribution in [0.1, 0.15) is 13.3 Å². The van der Waals surface area contributed by atoms with E-state index in [1.807, 2.05) is 6.92 Å². The molecule has 0 spiro atoms. The highest BCUT2D eigenvalue weighted by Gasteiger charge is 2.22. The van der Waals surface area contributed by atoms with Gasteiger partial charge >= 0.3 is 0 Å². The summed E-state index contributed by atoms with van der Waals surface area (Å²) >= 11 is 0. The number of sulfonamides is 1. The Morgan fingerprint density at radius 2 is 2.20 bits per heavy atom. The Bertz CT molecular complexity index is 261. The van der Waals surface area contributed by atoms with E-state index in [0.29, 0.717) is 26.3 Å². The lowest BCUT2D eigenvalue weighted by Crippen LogP contribution is -2.35. The maximum atomic E-state index is 11.6. The van der Waals surface area contributed by atoms with Crippen molar-refractivity contribution >= 4 is 10.0 Å². The van der Waals surface area contributed by atoms with Crippen molar-refractivity contribution in [3.05, 3.63) is 0 Å². The highest BCUT2D eigenvalue weighted by Crippen LogP contribution is 2.13. The fraction of sp³-hybridized carbons (Fsp3) is 1.00. The Kier molecular flexibility index (Phi) is 5.52. The normalized spacial score (nSPS) is 22.1. The van der Waals surface area contributed by atoms with E-state index >= 15 is 0 Å². The Hall–Kier alpha value is -0.170. The first kappa shape index (κ1) is 12.9. The number of nitrogens with one attached hydrogen (secondary N) is 2. The summed E-state index contributed by atoms with van der Waals surface area (Å²) in [4.78, 5) is 0. The first-order chi connectivity index (χ1) is 7.14. The molecule has 0 radical (unpaired) electrons. The van der Waals surface area contributed by atoms with Crippen LogP contribution in [0.4, 0.5) is 0 Å². The summed E-state index contributed by atoms with van der Waals surface area (Å²) in [6.45, 7) is 5.26. The van der Waals surface area contributed by atoms with E-state index in [0.717, 1.165) is 13.0 Å². The fourth-order valence-corrected chi connectivity index (χ4v) is 2.97. The molecule has 0 aromatic rings. The Labute approximate surface area is 91.6 Å². The van der Waals surface area contributed by atoms with Crippen LogP contribution in [-0.4, -0.2) is 47.0 Å². The second-order valence-electron chi connectivity index (χ2n) is 3.76. The zero-order valence-electron chi connectivity index (χ0n) is 9.16. The molecule has 1 heterocycles. The van der Waals surface area contributed by atoms with Crippen molar-refractivity contribution in [1.29, 1.82) is 0 Å². The van der Waals surface area contributed by atoms with E-state index in [1.165, 1.54) is 0 Å². The molecule has 5 nitrogen and oxygen atoms in total. The second-order valence-corrected chi connectivity index (χ2v) is 5.61. The predicted molar refractivity (Wildman–Crippen MR) is 59.3 cm³/mol. The molecule has 1 fully saturated rings. The van der Waals surface area contributed by atoms with Crippen LogP contribution in [0.25, 0.3) is 0 Å². The summed E-state index contributed by atoms with van der Waals surface area (Å²) in [6.07, 6.45) is 0.855. The van der Waals surface area contributed by atoms with Gasteiger partial charge in [0.25, 0.3) is 0 Å². The standard InChI is InChI=1S/C9H20N2O3S/c1-2-10-4-5-11-15(12,13)8-9-3-6-14-7-9/h9-11H,2-8H2,1H3. The maximum absolute atomic E-state index is 11.6. The Morgan fingerprint density at radius 3 is 2.80 bits per heavy atom. The molecule has 0 aliphatic carbocycles. The Morgan fingerprint density at radius 1 is 1.40 bits per heavy atom. The van der Waals surface area contributed by atoms with Crippen LogP contribution in [0.5, 0.6) is 0 Å². The molecule has 1 aliphatic heterocycles. The minimum atomic E-state index is -3.12. The van der Waals surface area contributed by atoms with Crippen LogP contribution in [0.2, 0.25) is 0 Å². The lowest BCUT2D eigenvalue weighted by Gasteiger charge is -2.10. The molecule has 0 aromatic carbocycles. The second kappa shape index (κ2) is 6.42. The molecule has 0 saturated carbocycles. The molecule has 0 amide bonds. The zero-order valence-corrected chi connectivity index (χ0v) is 9.98. The molecule has 1 saturated heterocycles. The monoisotopic (exact) mass is 236 g/mol. The summed E-state index contributed by atoms with van der Waals surface area (Å²) in [5.74, 6) is 0.362. The number of hydrogen-bond acceptors (Lipinski definition) is 4. The number of rotatable bonds is 7. The molecule has 0 bridgehead atoms. The fourth-order valence-electron chi connectivity index (χ4n) is 1.56. The summed E-state index contributed by atoms with van der Waals surface area (Å²) in [6, 6.07) is 0. The predicted octanol–water partition coefficient (Wildman–Crippen LogP) is -0.448. The molecule has 15 heavy (non-hydrogen) atoms. The molecule has 1 atom stereocenters. The maximum Gasteiger partial charge on any atom is 0.211 e. The average molecular weight is 236 g/mol. The molecular formula is C9H20N2O3S. The minimum Gasteiger partial charge on any atom is -0.381 e. The smallest absolute Gasteiger partial charge is 0.211 e. The van der Waals surface area contributed by atoms with Gasteiger partial charge < -0.3 is 10.1 Å². The van der Waals surface area contributed by atoms with Crippen LogP contribution in [0, 0.1) is 5.92 Å². The minimum absolute atomic E-state index is 0.168. The van der Waals surface area contributed by atoms with Gasteiger partial charge in [0.2, 0.25) is 10.0 Å². The quantitative estimate of drug-likeness (QED) is 0.588. The van der Waals surface area contributed by atoms with Gasteiger partial charge in [0, 0.05) is 19.7 Å². The number of likely N-dealkylation sites (N-methyl/N-ethyl adjacent to an activating group) is 1. The van der Waals surface area contributed by atoms with Crippen LogP contribution >= 0.6 is 0 Å². The molecule has 2 N–H and O–H groups in total. The van der Waals surface area contributed by atoms with Gasteiger partial charge in [-0.1, -0.05) is 6.92 Å². The first-order valence-corrected chi connectivity index (χ1v) is 7.05. The van der Waals surface area contributed by atoms with Crippen LogP contribution in [0.15, 0.2) is 0 Å². The van der Waals surface area contributed by atoms with Crippen LogP contribution < -0.4 is 10.0 Å². The molecule has 1 aliphatic rings. The molecule has 1 unspecified atom stereocenters. The van der Waals surface area contributed by atoms with Gasteiger partial charge in [-0.3, -0.25) is 0 Å². The van der Waals surface area contributed by atoms with E-state index in [9.17, 15) is 8.42 Å². The van der Waals surface area contributed by atoms with Crippen molar-refractivity contribution in [2.75, 3.05) is 38.6 Å².